The Kier molecular flexibility index (Phi) is 5.03. The Morgan fingerprint density at radius 2 is 2.05 bits per heavy atom. The van der Waals surface area contributed by atoms with Gasteiger partial charge >= 0.3 is 0 Å². The molecule has 2 nitrogen and oxygen atoms in total. The highest BCUT2D eigenvalue weighted by Crippen LogP contribution is 2.48. The number of hydrogen-bond donors (Lipinski definition) is 1. The van der Waals surface area contributed by atoms with Crippen molar-refractivity contribution in [1.82, 2.24) is 5.32 Å². The topological polar surface area (TPSA) is 21.3 Å². The maximum Gasteiger partial charge on any atom is 0.169 e. The third-order valence-electron chi connectivity index (χ3n) is 4.57. The van der Waals surface area contributed by atoms with Crippen molar-refractivity contribution >= 4 is 0 Å². The maximum absolute atomic E-state index is 14.6. The highest BCUT2D eigenvalue weighted by Gasteiger charge is 2.39. The van der Waals surface area contributed by atoms with Gasteiger partial charge in [-0.15, -0.1) is 0 Å². The molecule has 0 saturated heterocycles. The molecule has 20 heavy (non-hydrogen) atoms. The molecule has 1 fully saturated rings. The fraction of sp³-hybridized carbons (Fsp3) is 0.647. The molecule has 1 aromatic carbocycles. The van der Waals surface area contributed by atoms with Crippen molar-refractivity contribution in [2.45, 2.75) is 52.0 Å². The molecular formula is C17H26FNO. The molecule has 1 saturated carbocycles. The van der Waals surface area contributed by atoms with Crippen LogP contribution in [0.2, 0.25) is 0 Å². The number of benzene rings is 1. The van der Waals surface area contributed by atoms with E-state index in [1.54, 1.807) is 6.07 Å². The van der Waals surface area contributed by atoms with Gasteiger partial charge in [0.1, 0.15) is 0 Å². The number of hydrogen-bond acceptors (Lipinski definition) is 2. The van der Waals surface area contributed by atoms with Gasteiger partial charge in [-0.25, -0.2) is 4.39 Å². The minimum absolute atomic E-state index is 0.0695. The van der Waals surface area contributed by atoms with E-state index in [9.17, 15) is 4.39 Å². The van der Waals surface area contributed by atoms with Crippen LogP contribution in [0, 0.1) is 11.2 Å². The lowest BCUT2D eigenvalue weighted by molar-refractivity contribution is 0.217. The van der Waals surface area contributed by atoms with Gasteiger partial charge in [-0.2, -0.15) is 0 Å². The molecule has 0 bridgehead atoms. The largest absolute Gasteiger partial charge is 0.494 e. The van der Waals surface area contributed by atoms with Gasteiger partial charge in [-0.3, -0.25) is 0 Å². The molecule has 0 heterocycles. The maximum atomic E-state index is 14.6. The summed E-state index contributed by atoms with van der Waals surface area (Å²) in [5.74, 6) is 0.129. The molecule has 0 aliphatic heterocycles. The zero-order chi connectivity index (χ0) is 14.6. The van der Waals surface area contributed by atoms with Gasteiger partial charge in [0.15, 0.2) is 11.6 Å². The molecule has 1 aliphatic carbocycles. The van der Waals surface area contributed by atoms with Crippen LogP contribution in [0.25, 0.3) is 0 Å². The molecule has 0 aromatic heterocycles. The molecule has 0 spiro atoms. The quantitative estimate of drug-likeness (QED) is 0.830. The van der Waals surface area contributed by atoms with Crippen LogP contribution in [0.1, 0.15) is 57.6 Å². The number of halogens is 1. The third-order valence-corrected chi connectivity index (χ3v) is 4.57. The first-order valence-corrected chi connectivity index (χ1v) is 7.68. The molecule has 0 amide bonds. The predicted octanol–water partition coefficient (Wildman–Crippen LogP) is 4.46. The van der Waals surface area contributed by atoms with Crippen molar-refractivity contribution in [1.29, 1.82) is 0 Å². The van der Waals surface area contributed by atoms with E-state index in [-0.39, 0.29) is 17.3 Å². The Bertz CT molecular complexity index is 441. The van der Waals surface area contributed by atoms with Gasteiger partial charge in [0, 0.05) is 11.6 Å². The average molecular weight is 279 g/mol. The fourth-order valence-electron chi connectivity index (χ4n) is 3.40. The van der Waals surface area contributed by atoms with Crippen LogP contribution in [-0.4, -0.2) is 13.7 Å². The molecule has 2 rings (SSSR count). The smallest absolute Gasteiger partial charge is 0.169 e. The van der Waals surface area contributed by atoms with E-state index in [0.717, 1.165) is 31.4 Å². The van der Waals surface area contributed by atoms with Gasteiger partial charge in [-0.05, 0) is 37.3 Å². The number of ether oxygens (including phenoxy) is 1. The van der Waals surface area contributed by atoms with Crippen molar-refractivity contribution in [3.8, 4) is 5.75 Å². The fourth-order valence-corrected chi connectivity index (χ4v) is 3.40. The summed E-state index contributed by atoms with van der Waals surface area (Å²) in [5.41, 5.74) is 0.893. The van der Waals surface area contributed by atoms with Gasteiger partial charge in [0.25, 0.3) is 0 Å². The molecule has 1 atom stereocenters. The molecule has 1 aliphatic rings. The summed E-state index contributed by atoms with van der Waals surface area (Å²) < 4.78 is 19.7. The minimum atomic E-state index is -0.211. The summed E-state index contributed by atoms with van der Waals surface area (Å²) in [5, 5.41) is 3.56. The lowest BCUT2D eigenvalue weighted by Gasteiger charge is -2.35. The summed E-state index contributed by atoms with van der Waals surface area (Å²) in [7, 11) is 1.52. The average Bonchev–Trinajstić information content (AvgIpc) is 2.88. The van der Waals surface area contributed by atoms with E-state index in [1.165, 1.54) is 20.0 Å². The predicted molar refractivity (Wildman–Crippen MR) is 80.6 cm³/mol. The molecular weight excluding hydrogens is 253 g/mol. The number of methoxy groups -OCH3 is 1. The second-order valence-corrected chi connectivity index (χ2v) is 6.11. The van der Waals surface area contributed by atoms with E-state index in [4.69, 9.17) is 4.74 Å². The minimum Gasteiger partial charge on any atom is -0.494 e. The highest BCUT2D eigenvalue weighted by molar-refractivity contribution is 5.34. The zero-order valence-corrected chi connectivity index (χ0v) is 12.8. The molecule has 0 radical (unpaired) electrons. The number of rotatable bonds is 6. The van der Waals surface area contributed by atoms with Crippen molar-refractivity contribution < 1.29 is 9.13 Å². The van der Waals surface area contributed by atoms with E-state index in [0.29, 0.717) is 5.75 Å². The van der Waals surface area contributed by atoms with Crippen LogP contribution < -0.4 is 10.1 Å². The Morgan fingerprint density at radius 1 is 1.35 bits per heavy atom. The van der Waals surface area contributed by atoms with Crippen LogP contribution in [0.15, 0.2) is 18.2 Å². The number of nitrogens with one attached hydrogen (secondary N) is 1. The summed E-state index contributed by atoms with van der Waals surface area (Å²) in [6.45, 7) is 5.34. The SMILES string of the molecule is CCCNC(c1cccc(OC)c1F)C1(C)CCCC1. The van der Waals surface area contributed by atoms with E-state index in [1.807, 2.05) is 12.1 Å². The van der Waals surface area contributed by atoms with Crippen molar-refractivity contribution in [2.24, 2.45) is 5.41 Å². The molecule has 1 N–H and O–H groups in total. The first kappa shape index (κ1) is 15.3. The summed E-state index contributed by atoms with van der Waals surface area (Å²) in [6, 6.07) is 5.54. The van der Waals surface area contributed by atoms with Crippen molar-refractivity contribution in [2.75, 3.05) is 13.7 Å². The Hall–Kier alpha value is -1.09. The first-order chi connectivity index (χ1) is 9.62. The zero-order valence-electron chi connectivity index (χ0n) is 12.8. The third kappa shape index (κ3) is 2.98. The molecule has 1 unspecified atom stereocenters. The lowest BCUT2D eigenvalue weighted by atomic mass is 9.77. The molecule has 1 aromatic rings. The Labute approximate surface area is 121 Å². The summed E-state index contributed by atoms with van der Waals surface area (Å²) >= 11 is 0. The highest BCUT2D eigenvalue weighted by atomic mass is 19.1. The molecule has 3 heteroatoms. The second kappa shape index (κ2) is 6.57. The Morgan fingerprint density at radius 3 is 2.65 bits per heavy atom. The first-order valence-electron chi connectivity index (χ1n) is 7.68. The second-order valence-electron chi connectivity index (χ2n) is 6.11. The van der Waals surface area contributed by atoms with Gasteiger partial charge in [0.05, 0.1) is 7.11 Å². The van der Waals surface area contributed by atoms with E-state index < -0.39 is 0 Å². The van der Waals surface area contributed by atoms with Crippen LogP contribution in [0.3, 0.4) is 0 Å². The molecule has 112 valence electrons. The van der Waals surface area contributed by atoms with Crippen LogP contribution in [-0.2, 0) is 0 Å². The van der Waals surface area contributed by atoms with Gasteiger partial charge in [-0.1, -0.05) is 38.8 Å². The van der Waals surface area contributed by atoms with Gasteiger partial charge in [0.2, 0.25) is 0 Å². The van der Waals surface area contributed by atoms with Crippen LogP contribution in [0.4, 0.5) is 4.39 Å². The summed E-state index contributed by atoms with van der Waals surface area (Å²) in [6.07, 6.45) is 5.85. The van der Waals surface area contributed by atoms with Crippen LogP contribution >= 0.6 is 0 Å². The lowest BCUT2D eigenvalue weighted by Crippen LogP contribution is -2.35. The van der Waals surface area contributed by atoms with Crippen LogP contribution in [0.5, 0.6) is 5.75 Å². The Balaban J connectivity index is 2.35. The summed E-state index contributed by atoms with van der Waals surface area (Å²) in [4.78, 5) is 0. The normalized spacial score (nSPS) is 19.0. The van der Waals surface area contributed by atoms with Crippen molar-refractivity contribution in [3.05, 3.63) is 29.6 Å². The van der Waals surface area contributed by atoms with Gasteiger partial charge < -0.3 is 10.1 Å². The standard InChI is InChI=1S/C17H26FNO/c1-4-12-19-16(17(2)10-5-6-11-17)13-8-7-9-14(20-3)15(13)18/h7-9,16,19H,4-6,10-12H2,1-3H3. The van der Waals surface area contributed by atoms with Crippen molar-refractivity contribution in [3.63, 3.8) is 0 Å². The van der Waals surface area contributed by atoms with E-state index in [2.05, 4.69) is 19.2 Å². The van der Waals surface area contributed by atoms with E-state index >= 15 is 0 Å². The monoisotopic (exact) mass is 279 g/mol.